The van der Waals surface area contributed by atoms with E-state index in [0.717, 1.165) is 11.3 Å². The molecule has 0 fully saturated rings. The fraction of sp³-hybridized carbons (Fsp3) is 0.200. The lowest BCUT2D eigenvalue weighted by atomic mass is 10.1. The van der Waals surface area contributed by atoms with Crippen molar-refractivity contribution in [3.05, 3.63) is 69.0 Å². The molecule has 0 aliphatic heterocycles. The average Bonchev–Trinajstić information content (AvgIpc) is 3.00. The Morgan fingerprint density at radius 3 is 2.54 bits per heavy atom. The van der Waals surface area contributed by atoms with Crippen molar-refractivity contribution in [3.63, 3.8) is 0 Å². The summed E-state index contributed by atoms with van der Waals surface area (Å²) in [5.41, 5.74) is 2.60. The monoisotopic (exact) mass is 420 g/mol. The van der Waals surface area contributed by atoms with E-state index in [1.807, 2.05) is 13.8 Å². The lowest BCUT2D eigenvalue weighted by molar-refractivity contribution is 0.102. The zero-order valence-electron chi connectivity index (χ0n) is 15.5. The molecule has 1 N–H and O–H groups in total. The van der Waals surface area contributed by atoms with Crippen molar-refractivity contribution < 1.29 is 18.8 Å². The normalized spacial score (nSPS) is 10.6. The van der Waals surface area contributed by atoms with Gasteiger partial charge in [0.15, 0.2) is 11.5 Å². The molecular formula is C20H18Cl2N2O4. The van der Waals surface area contributed by atoms with Crippen LogP contribution in [0.25, 0.3) is 0 Å². The van der Waals surface area contributed by atoms with Gasteiger partial charge in [0.1, 0.15) is 12.4 Å². The number of hydrogen-bond donors (Lipinski definition) is 1. The fourth-order valence-electron chi connectivity index (χ4n) is 2.56. The maximum atomic E-state index is 12.5. The Bertz CT molecular complexity index is 998. The first-order valence-electron chi connectivity index (χ1n) is 8.38. The van der Waals surface area contributed by atoms with Crippen LogP contribution in [-0.4, -0.2) is 18.2 Å². The number of halogens is 2. The third-order valence-corrected chi connectivity index (χ3v) is 4.90. The highest BCUT2D eigenvalue weighted by Gasteiger charge is 2.14. The Labute approximate surface area is 172 Å². The molecule has 0 unspecified atom stereocenters. The summed E-state index contributed by atoms with van der Waals surface area (Å²) in [4.78, 5) is 12.5. The number of aryl methyl sites for hydroxylation is 2. The minimum Gasteiger partial charge on any atom is -0.493 e. The Morgan fingerprint density at radius 2 is 1.89 bits per heavy atom. The third kappa shape index (κ3) is 4.40. The molecule has 1 amide bonds. The number of aromatic nitrogens is 1. The summed E-state index contributed by atoms with van der Waals surface area (Å²) in [6.45, 7) is 3.96. The summed E-state index contributed by atoms with van der Waals surface area (Å²) in [6, 6.07) is 9.81. The summed E-state index contributed by atoms with van der Waals surface area (Å²) in [5, 5.41) is 7.45. The summed E-state index contributed by atoms with van der Waals surface area (Å²) in [5.74, 6) is 1.34. The van der Waals surface area contributed by atoms with Crippen molar-refractivity contribution in [3.8, 4) is 11.5 Å². The molecule has 0 saturated heterocycles. The Kier molecular flexibility index (Phi) is 6.11. The number of nitrogens with one attached hydrogen (secondary N) is 1. The largest absolute Gasteiger partial charge is 0.493 e. The first-order valence-corrected chi connectivity index (χ1v) is 9.13. The summed E-state index contributed by atoms with van der Waals surface area (Å²) < 4.78 is 16.3. The van der Waals surface area contributed by atoms with E-state index >= 15 is 0 Å². The van der Waals surface area contributed by atoms with Crippen LogP contribution in [0.2, 0.25) is 10.0 Å². The third-order valence-electron chi connectivity index (χ3n) is 4.16. The number of hydrogen-bond acceptors (Lipinski definition) is 5. The van der Waals surface area contributed by atoms with Gasteiger partial charge in [0.2, 0.25) is 0 Å². The van der Waals surface area contributed by atoms with Gasteiger partial charge in [-0.3, -0.25) is 4.79 Å². The minimum absolute atomic E-state index is 0.284. The van der Waals surface area contributed by atoms with Crippen LogP contribution in [0.5, 0.6) is 11.5 Å². The van der Waals surface area contributed by atoms with Crippen LogP contribution < -0.4 is 14.8 Å². The minimum atomic E-state index is -0.311. The maximum Gasteiger partial charge on any atom is 0.255 e. The fourth-order valence-corrected chi connectivity index (χ4v) is 2.86. The van der Waals surface area contributed by atoms with Crippen LogP contribution in [0, 0.1) is 13.8 Å². The van der Waals surface area contributed by atoms with Gasteiger partial charge in [0.05, 0.1) is 28.4 Å². The first-order chi connectivity index (χ1) is 13.4. The lowest BCUT2D eigenvalue weighted by Crippen LogP contribution is -2.12. The van der Waals surface area contributed by atoms with Crippen molar-refractivity contribution in [2.45, 2.75) is 20.5 Å². The van der Waals surface area contributed by atoms with Crippen molar-refractivity contribution in [2.75, 3.05) is 12.4 Å². The molecule has 146 valence electrons. The predicted octanol–water partition coefficient (Wildman–Crippen LogP) is 5.44. The Morgan fingerprint density at radius 1 is 1.11 bits per heavy atom. The lowest BCUT2D eigenvalue weighted by Gasteiger charge is -2.12. The van der Waals surface area contributed by atoms with Gasteiger partial charge in [-0.2, -0.15) is 0 Å². The van der Waals surface area contributed by atoms with Gasteiger partial charge in [-0.15, -0.1) is 0 Å². The van der Waals surface area contributed by atoms with E-state index in [1.165, 1.54) is 7.11 Å². The highest BCUT2D eigenvalue weighted by Crippen LogP contribution is 2.30. The van der Waals surface area contributed by atoms with Crippen LogP contribution in [0.3, 0.4) is 0 Å². The molecule has 6 nitrogen and oxygen atoms in total. The van der Waals surface area contributed by atoms with Crippen LogP contribution in [-0.2, 0) is 6.61 Å². The standard InChI is InChI=1S/C20H18Cl2N2O4/c1-11-15(12(2)28-24-11)10-27-18-7-4-13(8-19(18)26-3)20(25)23-14-5-6-16(21)17(22)9-14/h4-9H,10H2,1-3H3,(H,23,25). The number of nitrogens with zero attached hydrogens (tertiary/aromatic N) is 1. The molecule has 3 rings (SSSR count). The van der Waals surface area contributed by atoms with Gasteiger partial charge < -0.3 is 19.3 Å². The molecule has 0 atom stereocenters. The second-order valence-electron chi connectivity index (χ2n) is 6.04. The van der Waals surface area contributed by atoms with E-state index in [2.05, 4.69) is 10.5 Å². The van der Waals surface area contributed by atoms with E-state index in [4.69, 9.17) is 37.2 Å². The predicted molar refractivity (Wildman–Crippen MR) is 108 cm³/mol. The molecule has 8 heteroatoms. The topological polar surface area (TPSA) is 73.6 Å². The zero-order chi connectivity index (χ0) is 20.3. The van der Waals surface area contributed by atoms with Crippen LogP contribution in [0.1, 0.15) is 27.4 Å². The molecule has 28 heavy (non-hydrogen) atoms. The van der Waals surface area contributed by atoms with Gasteiger partial charge in [-0.25, -0.2) is 0 Å². The second-order valence-corrected chi connectivity index (χ2v) is 6.85. The maximum absolute atomic E-state index is 12.5. The first kappa shape index (κ1) is 20.0. The molecule has 0 aliphatic rings. The molecule has 3 aromatic rings. The van der Waals surface area contributed by atoms with Crippen molar-refractivity contribution in [1.82, 2.24) is 5.16 Å². The number of amides is 1. The quantitative estimate of drug-likeness (QED) is 0.574. The van der Waals surface area contributed by atoms with Crippen molar-refractivity contribution >= 4 is 34.8 Å². The zero-order valence-corrected chi connectivity index (χ0v) is 17.0. The average molecular weight is 421 g/mol. The SMILES string of the molecule is COc1cc(C(=O)Nc2ccc(Cl)c(Cl)c2)ccc1OCc1c(C)noc1C. The summed E-state index contributed by atoms with van der Waals surface area (Å²) in [7, 11) is 1.51. The van der Waals surface area contributed by atoms with Gasteiger partial charge in [-0.05, 0) is 50.2 Å². The van der Waals surface area contributed by atoms with Crippen LogP contribution in [0.4, 0.5) is 5.69 Å². The number of methoxy groups -OCH3 is 1. The molecule has 0 bridgehead atoms. The molecule has 0 radical (unpaired) electrons. The molecule has 0 spiro atoms. The Balaban J connectivity index is 1.74. The van der Waals surface area contributed by atoms with Crippen molar-refractivity contribution in [1.29, 1.82) is 0 Å². The van der Waals surface area contributed by atoms with Gasteiger partial charge in [0.25, 0.3) is 5.91 Å². The number of rotatable bonds is 6. The van der Waals surface area contributed by atoms with Gasteiger partial charge in [0, 0.05) is 11.3 Å². The van der Waals surface area contributed by atoms with Gasteiger partial charge in [-0.1, -0.05) is 28.4 Å². The van der Waals surface area contributed by atoms with Crippen LogP contribution in [0.15, 0.2) is 40.9 Å². The number of anilines is 1. The molecular weight excluding hydrogens is 403 g/mol. The molecule has 0 aliphatic carbocycles. The number of carbonyl (C=O) groups excluding carboxylic acids is 1. The van der Waals surface area contributed by atoms with E-state index < -0.39 is 0 Å². The second kappa shape index (κ2) is 8.54. The highest BCUT2D eigenvalue weighted by atomic mass is 35.5. The Hall–Kier alpha value is -2.70. The van der Waals surface area contributed by atoms with Gasteiger partial charge >= 0.3 is 0 Å². The number of benzene rings is 2. The molecule has 1 heterocycles. The van der Waals surface area contributed by atoms with Crippen molar-refractivity contribution in [2.24, 2.45) is 0 Å². The molecule has 1 aromatic heterocycles. The summed E-state index contributed by atoms with van der Waals surface area (Å²) in [6.07, 6.45) is 0. The number of ether oxygens (including phenoxy) is 2. The smallest absolute Gasteiger partial charge is 0.255 e. The van der Waals surface area contributed by atoms with E-state index in [0.29, 0.717) is 38.6 Å². The van der Waals surface area contributed by atoms with E-state index in [9.17, 15) is 4.79 Å². The molecule has 2 aromatic carbocycles. The molecule has 0 saturated carbocycles. The summed E-state index contributed by atoms with van der Waals surface area (Å²) >= 11 is 11.9. The highest BCUT2D eigenvalue weighted by molar-refractivity contribution is 6.42. The van der Waals surface area contributed by atoms with E-state index in [1.54, 1.807) is 36.4 Å². The van der Waals surface area contributed by atoms with Crippen LogP contribution >= 0.6 is 23.2 Å². The van der Waals surface area contributed by atoms with E-state index in [-0.39, 0.29) is 12.5 Å². The number of carbonyl (C=O) groups is 1.